The third kappa shape index (κ3) is 9.20. The van der Waals surface area contributed by atoms with Gasteiger partial charge in [-0.1, -0.05) is 0 Å². The van der Waals surface area contributed by atoms with E-state index in [2.05, 4.69) is 20.5 Å². The van der Waals surface area contributed by atoms with Crippen molar-refractivity contribution in [1.29, 1.82) is 0 Å². The molecule has 30 heavy (non-hydrogen) atoms. The zero-order valence-electron chi connectivity index (χ0n) is 18.3. The minimum Gasteiger partial charge on any atom is -0.379 e. The highest BCUT2D eigenvalue weighted by Gasteiger charge is 2.27. The molecule has 10 nitrogen and oxygen atoms in total. The van der Waals surface area contributed by atoms with Gasteiger partial charge in [-0.2, -0.15) is 0 Å². The zero-order chi connectivity index (χ0) is 21.3. The largest absolute Gasteiger partial charge is 0.379 e. The van der Waals surface area contributed by atoms with Crippen molar-refractivity contribution in [2.24, 2.45) is 4.99 Å². The first-order valence-electron chi connectivity index (χ1n) is 10.3. The number of hydrogen-bond donors (Lipinski definition) is 2. The number of ether oxygens (including phenoxy) is 1. The first-order valence-corrected chi connectivity index (χ1v) is 12.0. The van der Waals surface area contributed by atoms with Gasteiger partial charge in [0.15, 0.2) is 5.96 Å². The normalized spacial score (nSPS) is 19.8. The summed E-state index contributed by atoms with van der Waals surface area (Å²) in [5.41, 5.74) is 0. The number of sulfonamides is 1. The Bertz CT molecular complexity index is 647. The van der Waals surface area contributed by atoms with Crippen molar-refractivity contribution in [3.05, 3.63) is 0 Å². The fraction of sp³-hybridized carbons (Fsp3) is 0.889. The van der Waals surface area contributed by atoms with Crippen LogP contribution in [0.1, 0.15) is 19.8 Å². The molecule has 0 bridgehead atoms. The van der Waals surface area contributed by atoms with E-state index in [0.717, 1.165) is 32.8 Å². The van der Waals surface area contributed by atoms with Gasteiger partial charge in [0.2, 0.25) is 15.9 Å². The van der Waals surface area contributed by atoms with Crippen molar-refractivity contribution < 1.29 is 17.9 Å². The molecule has 2 heterocycles. The standard InChI is InChI=1S/C18H36N6O4S.HI/c1-4-29(26,27)24-8-5-16(6-9-24)21-18(20-15-17(25)22(2)3)19-7-10-23-11-13-28-14-12-23;/h16H,4-15H2,1-3H3,(H2,19,20,21);1H. The molecule has 176 valence electrons. The monoisotopic (exact) mass is 560 g/mol. The van der Waals surface area contributed by atoms with Crippen molar-refractivity contribution in [2.75, 3.05) is 78.9 Å². The number of aliphatic imine (C=N–C) groups is 1. The molecule has 2 saturated heterocycles. The van der Waals surface area contributed by atoms with Crippen molar-refractivity contribution in [2.45, 2.75) is 25.8 Å². The molecule has 0 unspecified atom stereocenters. The molecule has 2 fully saturated rings. The number of nitrogens with one attached hydrogen (secondary N) is 2. The van der Waals surface area contributed by atoms with Crippen LogP contribution in [-0.4, -0.2) is 119 Å². The van der Waals surface area contributed by atoms with E-state index in [-0.39, 0.29) is 48.2 Å². The SMILES string of the molecule is CCS(=O)(=O)N1CCC(NC(=NCC(=O)N(C)C)NCCN2CCOCC2)CC1.I. The van der Waals surface area contributed by atoms with Crippen LogP contribution in [0.25, 0.3) is 0 Å². The third-order valence-electron chi connectivity index (χ3n) is 5.25. The summed E-state index contributed by atoms with van der Waals surface area (Å²) in [4.78, 5) is 20.2. The van der Waals surface area contributed by atoms with Crippen molar-refractivity contribution in [3.63, 3.8) is 0 Å². The summed E-state index contributed by atoms with van der Waals surface area (Å²) in [5, 5.41) is 6.70. The van der Waals surface area contributed by atoms with Crippen LogP contribution in [0.2, 0.25) is 0 Å². The number of nitrogens with zero attached hydrogens (tertiary/aromatic N) is 4. The highest BCUT2D eigenvalue weighted by Crippen LogP contribution is 2.14. The fourth-order valence-corrected chi connectivity index (χ4v) is 4.38. The lowest BCUT2D eigenvalue weighted by atomic mass is 10.1. The molecular weight excluding hydrogens is 523 g/mol. The Balaban J connectivity index is 0.00000450. The summed E-state index contributed by atoms with van der Waals surface area (Å²) >= 11 is 0. The number of rotatable bonds is 8. The third-order valence-corrected chi connectivity index (χ3v) is 7.13. The topological polar surface area (TPSA) is 107 Å². The smallest absolute Gasteiger partial charge is 0.243 e. The van der Waals surface area contributed by atoms with E-state index in [1.807, 2.05) is 0 Å². The number of morpholine rings is 1. The molecule has 0 aliphatic carbocycles. The molecule has 0 aromatic heterocycles. The van der Waals surface area contributed by atoms with Crippen LogP contribution >= 0.6 is 24.0 Å². The Morgan fingerprint density at radius 3 is 2.37 bits per heavy atom. The average Bonchev–Trinajstić information content (AvgIpc) is 2.72. The molecule has 2 aliphatic rings. The predicted molar refractivity (Wildman–Crippen MR) is 129 cm³/mol. The molecule has 1 amide bonds. The van der Waals surface area contributed by atoms with Crippen molar-refractivity contribution in [3.8, 4) is 0 Å². The zero-order valence-corrected chi connectivity index (χ0v) is 21.4. The first-order chi connectivity index (χ1) is 13.8. The second-order valence-corrected chi connectivity index (χ2v) is 9.81. The molecule has 0 aromatic carbocycles. The van der Waals surface area contributed by atoms with Gasteiger partial charge in [-0.25, -0.2) is 17.7 Å². The molecule has 2 aliphatic heterocycles. The highest BCUT2D eigenvalue weighted by atomic mass is 127. The van der Waals surface area contributed by atoms with Crippen LogP contribution in [0, 0.1) is 0 Å². The number of carbonyl (C=O) groups excluding carboxylic acids is 1. The maximum Gasteiger partial charge on any atom is 0.243 e. The van der Waals surface area contributed by atoms with E-state index in [1.54, 1.807) is 25.3 Å². The van der Waals surface area contributed by atoms with Crippen molar-refractivity contribution >= 4 is 45.9 Å². The van der Waals surface area contributed by atoms with Gasteiger partial charge in [-0.15, -0.1) is 24.0 Å². The lowest BCUT2D eigenvalue weighted by molar-refractivity contribution is -0.127. The average molecular weight is 561 g/mol. The second-order valence-electron chi connectivity index (χ2n) is 7.55. The summed E-state index contributed by atoms with van der Waals surface area (Å²) < 4.78 is 31.0. The number of hydrogen-bond acceptors (Lipinski definition) is 6. The number of piperidine rings is 1. The number of guanidine groups is 1. The Labute approximate surface area is 197 Å². The summed E-state index contributed by atoms with van der Waals surface area (Å²) in [6.07, 6.45) is 1.43. The molecule has 12 heteroatoms. The second kappa shape index (κ2) is 13.7. The fourth-order valence-electron chi connectivity index (χ4n) is 3.25. The van der Waals surface area contributed by atoms with Gasteiger partial charge in [-0.05, 0) is 19.8 Å². The van der Waals surface area contributed by atoms with E-state index in [9.17, 15) is 13.2 Å². The van der Waals surface area contributed by atoms with Gasteiger partial charge in [0, 0.05) is 59.4 Å². The minimum absolute atomic E-state index is 0. The summed E-state index contributed by atoms with van der Waals surface area (Å²) in [7, 11) is 0.281. The Morgan fingerprint density at radius 1 is 1.17 bits per heavy atom. The lowest BCUT2D eigenvalue weighted by Gasteiger charge is -2.32. The molecule has 2 rings (SSSR count). The first kappa shape index (κ1) is 27.3. The quantitative estimate of drug-likeness (QED) is 0.232. The molecular formula is C18H37IN6O4S. The van der Waals surface area contributed by atoms with Crippen molar-refractivity contribution in [1.82, 2.24) is 24.7 Å². The van der Waals surface area contributed by atoms with Gasteiger partial charge in [-0.3, -0.25) is 9.69 Å². The molecule has 0 aromatic rings. The molecule has 0 atom stereocenters. The predicted octanol–water partition coefficient (Wildman–Crippen LogP) is -0.626. The van der Waals surface area contributed by atoms with E-state index < -0.39 is 10.0 Å². The van der Waals surface area contributed by atoms with Gasteiger partial charge >= 0.3 is 0 Å². The molecule has 2 N–H and O–H groups in total. The maximum absolute atomic E-state index is 12.0. The maximum atomic E-state index is 12.0. The van der Waals surface area contributed by atoms with Gasteiger partial charge in [0.05, 0.1) is 19.0 Å². The van der Waals surface area contributed by atoms with Gasteiger partial charge in [0.25, 0.3) is 0 Å². The van der Waals surface area contributed by atoms with E-state index in [1.165, 1.54) is 4.90 Å². The van der Waals surface area contributed by atoms with Crippen LogP contribution in [0.15, 0.2) is 4.99 Å². The number of amides is 1. The van der Waals surface area contributed by atoms with Gasteiger partial charge in [0.1, 0.15) is 6.54 Å². The van der Waals surface area contributed by atoms with Crippen LogP contribution in [0.5, 0.6) is 0 Å². The molecule has 0 saturated carbocycles. The highest BCUT2D eigenvalue weighted by molar-refractivity contribution is 14.0. The summed E-state index contributed by atoms with van der Waals surface area (Å²) in [6, 6.07) is 0.127. The van der Waals surface area contributed by atoms with Crippen LogP contribution in [0.4, 0.5) is 0 Å². The van der Waals surface area contributed by atoms with Crippen LogP contribution in [-0.2, 0) is 19.6 Å². The summed E-state index contributed by atoms with van der Waals surface area (Å²) in [6.45, 7) is 7.70. The lowest BCUT2D eigenvalue weighted by Crippen LogP contribution is -2.51. The molecule has 0 spiro atoms. The number of halogens is 1. The Kier molecular flexibility index (Phi) is 12.4. The Morgan fingerprint density at radius 2 is 1.80 bits per heavy atom. The molecule has 0 radical (unpaired) electrons. The Hall–Kier alpha value is -0.700. The van der Waals surface area contributed by atoms with E-state index >= 15 is 0 Å². The van der Waals surface area contributed by atoms with E-state index in [0.29, 0.717) is 38.4 Å². The van der Waals surface area contributed by atoms with Crippen LogP contribution in [0.3, 0.4) is 0 Å². The number of carbonyl (C=O) groups is 1. The van der Waals surface area contributed by atoms with Gasteiger partial charge < -0.3 is 20.3 Å². The summed E-state index contributed by atoms with van der Waals surface area (Å²) in [5.74, 6) is 0.668. The van der Waals surface area contributed by atoms with Crippen LogP contribution < -0.4 is 10.6 Å². The van der Waals surface area contributed by atoms with E-state index in [4.69, 9.17) is 4.74 Å². The number of likely N-dealkylation sites (N-methyl/N-ethyl adjacent to an activating group) is 1. The minimum atomic E-state index is -3.14.